The molecule has 0 bridgehead atoms. The molecule has 0 aromatic heterocycles. The Bertz CT molecular complexity index is 426. The van der Waals surface area contributed by atoms with E-state index in [-0.39, 0.29) is 6.42 Å². The van der Waals surface area contributed by atoms with Crippen molar-refractivity contribution in [2.24, 2.45) is 0 Å². The highest BCUT2D eigenvalue weighted by molar-refractivity contribution is 5.66. The molecule has 1 aromatic carbocycles. The molecule has 0 saturated heterocycles. The molecule has 0 unspecified atom stereocenters. The molecule has 0 saturated carbocycles. The first kappa shape index (κ1) is 11.8. The second kappa shape index (κ2) is 5.08. The SMILES string of the molecule is Cc1cc(CCCC(=O)O)c2c(c1)OCCO2. The fourth-order valence-corrected chi connectivity index (χ4v) is 1.99. The normalized spacial score (nSPS) is 13.5. The van der Waals surface area contributed by atoms with E-state index < -0.39 is 5.97 Å². The fourth-order valence-electron chi connectivity index (χ4n) is 1.99. The zero-order chi connectivity index (χ0) is 12.3. The molecule has 1 aliphatic heterocycles. The van der Waals surface area contributed by atoms with Crippen molar-refractivity contribution in [3.05, 3.63) is 23.3 Å². The largest absolute Gasteiger partial charge is 0.486 e. The van der Waals surface area contributed by atoms with Gasteiger partial charge in [0.05, 0.1) is 0 Å². The monoisotopic (exact) mass is 236 g/mol. The summed E-state index contributed by atoms with van der Waals surface area (Å²) in [6.07, 6.45) is 1.51. The van der Waals surface area contributed by atoms with Crippen LogP contribution < -0.4 is 9.47 Å². The molecule has 1 heterocycles. The van der Waals surface area contributed by atoms with Crippen LogP contribution >= 0.6 is 0 Å². The molecular formula is C13H16O4. The van der Waals surface area contributed by atoms with Gasteiger partial charge in [0.1, 0.15) is 13.2 Å². The van der Waals surface area contributed by atoms with Gasteiger partial charge in [0.25, 0.3) is 0 Å². The van der Waals surface area contributed by atoms with Crippen molar-refractivity contribution < 1.29 is 19.4 Å². The Morgan fingerprint density at radius 2 is 2.12 bits per heavy atom. The predicted octanol–water partition coefficient (Wildman–Crippen LogP) is 2.17. The first-order valence-electron chi connectivity index (χ1n) is 5.78. The van der Waals surface area contributed by atoms with Gasteiger partial charge in [0, 0.05) is 6.42 Å². The van der Waals surface area contributed by atoms with E-state index in [1.807, 2.05) is 19.1 Å². The zero-order valence-corrected chi connectivity index (χ0v) is 9.86. The molecule has 0 aliphatic carbocycles. The minimum absolute atomic E-state index is 0.184. The summed E-state index contributed by atoms with van der Waals surface area (Å²) in [6.45, 7) is 3.13. The number of fused-ring (bicyclic) bond motifs is 1. The molecule has 0 fully saturated rings. The molecule has 4 heteroatoms. The third-order valence-corrected chi connectivity index (χ3v) is 2.70. The Kier molecular flexibility index (Phi) is 3.52. The highest BCUT2D eigenvalue weighted by Crippen LogP contribution is 2.35. The highest BCUT2D eigenvalue weighted by atomic mass is 16.6. The number of aryl methyl sites for hydroxylation is 2. The Balaban J connectivity index is 2.14. The van der Waals surface area contributed by atoms with Gasteiger partial charge in [-0.3, -0.25) is 4.79 Å². The molecule has 0 atom stereocenters. The minimum Gasteiger partial charge on any atom is -0.486 e. The lowest BCUT2D eigenvalue weighted by molar-refractivity contribution is -0.137. The van der Waals surface area contributed by atoms with Crippen molar-refractivity contribution >= 4 is 5.97 Å². The maximum Gasteiger partial charge on any atom is 0.303 e. The van der Waals surface area contributed by atoms with Crippen LogP contribution in [0.5, 0.6) is 11.5 Å². The van der Waals surface area contributed by atoms with Crippen LogP contribution in [0.2, 0.25) is 0 Å². The molecule has 1 aliphatic rings. The van der Waals surface area contributed by atoms with Crippen LogP contribution in [0.25, 0.3) is 0 Å². The third kappa shape index (κ3) is 2.90. The van der Waals surface area contributed by atoms with Crippen LogP contribution in [-0.4, -0.2) is 24.3 Å². The molecule has 0 radical (unpaired) electrons. The fraction of sp³-hybridized carbons (Fsp3) is 0.462. The number of benzene rings is 1. The molecule has 0 spiro atoms. The second-order valence-electron chi connectivity index (χ2n) is 4.20. The Morgan fingerprint density at radius 1 is 1.35 bits per heavy atom. The first-order chi connectivity index (χ1) is 8.16. The van der Waals surface area contributed by atoms with Crippen molar-refractivity contribution in [2.75, 3.05) is 13.2 Å². The van der Waals surface area contributed by atoms with Gasteiger partial charge in [-0.25, -0.2) is 0 Å². The molecule has 1 aromatic rings. The molecule has 0 amide bonds. The lowest BCUT2D eigenvalue weighted by Crippen LogP contribution is -2.17. The summed E-state index contributed by atoms with van der Waals surface area (Å²) in [4.78, 5) is 10.5. The summed E-state index contributed by atoms with van der Waals surface area (Å²) >= 11 is 0. The molecule has 2 rings (SSSR count). The third-order valence-electron chi connectivity index (χ3n) is 2.70. The van der Waals surface area contributed by atoms with Crippen LogP contribution in [0.15, 0.2) is 12.1 Å². The second-order valence-corrected chi connectivity index (χ2v) is 4.20. The van der Waals surface area contributed by atoms with Gasteiger partial charge >= 0.3 is 5.97 Å². The van der Waals surface area contributed by atoms with Crippen LogP contribution in [0.4, 0.5) is 0 Å². The van der Waals surface area contributed by atoms with Crippen molar-refractivity contribution in [1.29, 1.82) is 0 Å². The van der Waals surface area contributed by atoms with Gasteiger partial charge in [-0.05, 0) is 37.0 Å². The number of ether oxygens (including phenoxy) is 2. The maximum atomic E-state index is 10.5. The van der Waals surface area contributed by atoms with E-state index >= 15 is 0 Å². The van der Waals surface area contributed by atoms with Gasteiger partial charge in [0.15, 0.2) is 11.5 Å². The molecular weight excluding hydrogens is 220 g/mol. The summed E-state index contributed by atoms with van der Waals surface area (Å²) in [5.41, 5.74) is 2.15. The van der Waals surface area contributed by atoms with Crippen LogP contribution in [0.3, 0.4) is 0 Å². The Hall–Kier alpha value is -1.71. The van der Waals surface area contributed by atoms with E-state index in [9.17, 15) is 4.79 Å². The molecule has 4 nitrogen and oxygen atoms in total. The minimum atomic E-state index is -0.760. The van der Waals surface area contributed by atoms with E-state index in [0.29, 0.717) is 26.1 Å². The number of carbonyl (C=O) groups is 1. The average Bonchev–Trinajstić information content (AvgIpc) is 2.28. The van der Waals surface area contributed by atoms with Crippen LogP contribution in [0.1, 0.15) is 24.0 Å². The maximum absolute atomic E-state index is 10.5. The van der Waals surface area contributed by atoms with E-state index in [4.69, 9.17) is 14.6 Å². The highest BCUT2D eigenvalue weighted by Gasteiger charge is 2.16. The Morgan fingerprint density at radius 3 is 2.88 bits per heavy atom. The molecule has 17 heavy (non-hydrogen) atoms. The zero-order valence-electron chi connectivity index (χ0n) is 9.86. The van der Waals surface area contributed by atoms with Gasteiger partial charge in [-0.2, -0.15) is 0 Å². The van der Waals surface area contributed by atoms with E-state index in [2.05, 4.69) is 0 Å². The Labute approximate surface area is 100 Å². The topological polar surface area (TPSA) is 55.8 Å². The smallest absolute Gasteiger partial charge is 0.303 e. The van der Waals surface area contributed by atoms with Gasteiger partial charge in [-0.15, -0.1) is 0 Å². The quantitative estimate of drug-likeness (QED) is 0.870. The number of hydrogen-bond donors (Lipinski definition) is 1. The van der Waals surface area contributed by atoms with Crippen molar-refractivity contribution in [3.63, 3.8) is 0 Å². The molecule has 92 valence electrons. The summed E-state index contributed by atoms with van der Waals surface area (Å²) in [5, 5.41) is 8.63. The van der Waals surface area contributed by atoms with Crippen LogP contribution in [-0.2, 0) is 11.2 Å². The lowest BCUT2D eigenvalue weighted by Gasteiger charge is -2.21. The molecule has 1 N–H and O–H groups in total. The first-order valence-corrected chi connectivity index (χ1v) is 5.78. The lowest BCUT2D eigenvalue weighted by atomic mass is 10.0. The number of rotatable bonds is 4. The summed E-state index contributed by atoms with van der Waals surface area (Å²) < 4.78 is 11.1. The van der Waals surface area contributed by atoms with E-state index in [1.165, 1.54) is 0 Å². The summed E-state index contributed by atoms with van der Waals surface area (Å²) in [6, 6.07) is 3.99. The number of carboxylic acid groups (broad SMARTS) is 1. The van der Waals surface area contributed by atoms with E-state index in [0.717, 1.165) is 22.6 Å². The van der Waals surface area contributed by atoms with Gasteiger partial charge in [0.2, 0.25) is 0 Å². The van der Waals surface area contributed by atoms with Crippen molar-refractivity contribution in [3.8, 4) is 11.5 Å². The summed E-state index contributed by atoms with van der Waals surface area (Å²) in [7, 11) is 0. The van der Waals surface area contributed by atoms with E-state index in [1.54, 1.807) is 0 Å². The van der Waals surface area contributed by atoms with Crippen molar-refractivity contribution in [1.82, 2.24) is 0 Å². The average molecular weight is 236 g/mol. The number of hydrogen-bond acceptors (Lipinski definition) is 3. The van der Waals surface area contributed by atoms with Crippen LogP contribution in [0, 0.1) is 6.92 Å². The standard InChI is InChI=1S/C13H16O4/c1-9-7-10(3-2-4-12(14)15)13-11(8-9)16-5-6-17-13/h7-8H,2-6H2,1H3,(H,14,15). The summed E-state index contributed by atoms with van der Waals surface area (Å²) in [5.74, 6) is 0.803. The van der Waals surface area contributed by atoms with Crippen molar-refractivity contribution in [2.45, 2.75) is 26.2 Å². The number of aliphatic carboxylic acids is 1. The van der Waals surface area contributed by atoms with Gasteiger partial charge < -0.3 is 14.6 Å². The van der Waals surface area contributed by atoms with Gasteiger partial charge in [-0.1, -0.05) is 6.07 Å². The predicted molar refractivity (Wildman–Crippen MR) is 62.7 cm³/mol. The number of carboxylic acids is 1.